The molecule has 20 heavy (non-hydrogen) atoms. The van der Waals surface area contributed by atoms with Crippen LogP contribution in [0.3, 0.4) is 0 Å². The summed E-state index contributed by atoms with van der Waals surface area (Å²) < 4.78 is 8.74. The van der Waals surface area contributed by atoms with Crippen molar-refractivity contribution in [3.63, 3.8) is 0 Å². The maximum absolute atomic E-state index is 4.43. The molecule has 0 atom stereocenters. The van der Waals surface area contributed by atoms with Gasteiger partial charge in [0.05, 0.1) is 11.7 Å². The smallest absolute Gasteiger partial charge is 0.113 e. The van der Waals surface area contributed by atoms with E-state index in [4.69, 9.17) is 0 Å². The van der Waals surface area contributed by atoms with Crippen molar-refractivity contribution in [3.05, 3.63) is 35.2 Å². The summed E-state index contributed by atoms with van der Waals surface area (Å²) in [4.78, 5) is 2.80. The third-order valence-corrected chi connectivity index (χ3v) is 5.21. The zero-order chi connectivity index (χ0) is 13.8. The van der Waals surface area contributed by atoms with E-state index in [2.05, 4.69) is 39.9 Å². The van der Waals surface area contributed by atoms with Crippen LogP contribution >= 0.6 is 23.1 Å². The van der Waals surface area contributed by atoms with Gasteiger partial charge in [0.25, 0.3) is 0 Å². The number of nitrogens with zero attached hydrogens (tertiary/aromatic N) is 2. The molecule has 104 valence electrons. The van der Waals surface area contributed by atoms with Crippen LogP contribution in [0.5, 0.6) is 0 Å². The molecule has 3 rings (SSSR count). The summed E-state index contributed by atoms with van der Waals surface area (Å²) in [6.45, 7) is 2.26. The van der Waals surface area contributed by atoms with Crippen molar-refractivity contribution in [1.29, 1.82) is 0 Å². The molecule has 0 aliphatic carbocycles. The van der Waals surface area contributed by atoms with Gasteiger partial charge in [0.1, 0.15) is 11.0 Å². The molecule has 4 heteroatoms. The van der Waals surface area contributed by atoms with E-state index in [9.17, 15) is 0 Å². The fraction of sp³-hybridized carbons (Fsp3) is 0.375. The SMILES string of the molecule is CCCCCCc1ccc(-c2cccc3nsnc23)s1. The van der Waals surface area contributed by atoms with Crippen molar-refractivity contribution in [2.24, 2.45) is 0 Å². The summed E-state index contributed by atoms with van der Waals surface area (Å²) in [5, 5.41) is 0. The summed E-state index contributed by atoms with van der Waals surface area (Å²) in [7, 11) is 0. The first-order valence-electron chi connectivity index (χ1n) is 7.19. The number of unbranched alkanes of at least 4 members (excludes halogenated alkanes) is 3. The molecule has 0 N–H and O–H groups in total. The molecule has 0 aliphatic heterocycles. The van der Waals surface area contributed by atoms with Crippen LogP contribution < -0.4 is 0 Å². The molecule has 2 nitrogen and oxygen atoms in total. The van der Waals surface area contributed by atoms with Gasteiger partial charge in [0, 0.05) is 15.3 Å². The molecule has 1 aromatic carbocycles. The highest BCUT2D eigenvalue weighted by Crippen LogP contribution is 2.33. The largest absolute Gasteiger partial charge is 0.173 e. The van der Waals surface area contributed by atoms with Crippen LogP contribution in [0, 0.1) is 0 Å². The minimum Gasteiger partial charge on any atom is -0.173 e. The van der Waals surface area contributed by atoms with Gasteiger partial charge >= 0.3 is 0 Å². The summed E-state index contributed by atoms with van der Waals surface area (Å²) in [6, 6.07) is 10.7. The summed E-state index contributed by atoms with van der Waals surface area (Å²) in [5.74, 6) is 0. The van der Waals surface area contributed by atoms with E-state index >= 15 is 0 Å². The van der Waals surface area contributed by atoms with Crippen molar-refractivity contribution < 1.29 is 0 Å². The van der Waals surface area contributed by atoms with Gasteiger partial charge in [-0.15, -0.1) is 11.3 Å². The minimum absolute atomic E-state index is 1.00. The Bertz CT molecular complexity index is 684. The molecule has 0 saturated heterocycles. The maximum atomic E-state index is 4.43. The third-order valence-electron chi connectivity index (χ3n) is 3.49. The summed E-state index contributed by atoms with van der Waals surface area (Å²) >= 11 is 3.19. The van der Waals surface area contributed by atoms with Gasteiger partial charge in [-0.3, -0.25) is 0 Å². The molecule has 0 spiro atoms. The fourth-order valence-electron chi connectivity index (χ4n) is 2.39. The van der Waals surface area contributed by atoms with E-state index in [-0.39, 0.29) is 0 Å². The second-order valence-electron chi connectivity index (χ2n) is 5.01. The molecule has 0 aliphatic rings. The monoisotopic (exact) mass is 302 g/mol. The highest BCUT2D eigenvalue weighted by atomic mass is 32.1. The van der Waals surface area contributed by atoms with Gasteiger partial charge in [-0.2, -0.15) is 8.75 Å². The molecule has 0 bridgehead atoms. The Balaban J connectivity index is 1.78. The van der Waals surface area contributed by atoms with Gasteiger partial charge in [-0.05, 0) is 31.0 Å². The van der Waals surface area contributed by atoms with Crippen LogP contribution in [0.4, 0.5) is 0 Å². The number of rotatable bonds is 6. The van der Waals surface area contributed by atoms with Crippen LogP contribution in [0.15, 0.2) is 30.3 Å². The van der Waals surface area contributed by atoms with Gasteiger partial charge in [0.15, 0.2) is 0 Å². The molecule has 0 radical (unpaired) electrons. The zero-order valence-electron chi connectivity index (χ0n) is 11.6. The molecule has 0 amide bonds. The van der Waals surface area contributed by atoms with E-state index < -0.39 is 0 Å². The highest BCUT2D eigenvalue weighted by molar-refractivity contribution is 7.15. The number of hydrogen-bond donors (Lipinski definition) is 0. The molecule has 0 fully saturated rings. The number of hydrogen-bond acceptors (Lipinski definition) is 4. The molecule has 0 saturated carbocycles. The van der Waals surface area contributed by atoms with Gasteiger partial charge in [-0.25, -0.2) is 0 Å². The molecule has 2 aromatic heterocycles. The Morgan fingerprint density at radius 3 is 2.85 bits per heavy atom. The van der Waals surface area contributed by atoms with E-state index in [1.165, 1.54) is 59.2 Å². The van der Waals surface area contributed by atoms with Crippen molar-refractivity contribution in [2.75, 3.05) is 0 Å². The Morgan fingerprint density at radius 1 is 1.00 bits per heavy atom. The average molecular weight is 302 g/mol. The first-order valence-corrected chi connectivity index (χ1v) is 8.73. The second-order valence-corrected chi connectivity index (χ2v) is 6.71. The van der Waals surface area contributed by atoms with Crippen molar-refractivity contribution in [1.82, 2.24) is 8.75 Å². The predicted molar refractivity (Wildman–Crippen MR) is 88.6 cm³/mol. The van der Waals surface area contributed by atoms with Gasteiger partial charge in [-0.1, -0.05) is 38.3 Å². The Labute approximate surface area is 127 Å². The van der Waals surface area contributed by atoms with Gasteiger partial charge < -0.3 is 0 Å². The van der Waals surface area contributed by atoms with Crippen LogP contribution in [-0.4, -0.2) is 8.75 Å². The lowest BCUT2D eigenvalue weighted by molar-refractivity contribution is 0.670. The lowest BCUT2D eigenvalue weighted by Crippen LogP contribution is -1.80. The normalized spacial score (nSPS) is 11.2. The average Bonchev–Trinajstić information content (AvgIpc) is 3.12. The molecular formula is C16H18N2S2. The lowest BCUT2D eigenvalue weighted by Gasteiger charge is -1.98. The van der Waals surface area contributed by atoms with Crippen molar-refractivity contribution in [2.45, 2.75) is 39.0 Å². The highest BCUT2D eigenvalue weighted by Gasteiger charge is 2.09. The minimum atomic E-state index is 1.00. The lowest BCUT2D eigenvalue weighted by atomic mass is 10.1. The van der Waals surface area contributed by atoms with Crippen LogP contribution in [0.2, 0.25) is 0 Å². The number of benzene rings is 1. The van der Waals surface area contributed by atoms with Crippen LogP contribution in [0.1, 0.15) is 37.5 Å². The van der Waals surface area contributed by atoms with Crippen molar-refractivity contribution in [3.8, 4) is 10.4 Å². The number of aryl methyl sites for hydroxylation is 1. The summed E-state index contributed by atoms with van der Waals surface area (Å²) in [5.41, 5.74) is 3.27. The fourth-order valence-corrected chi connectivity index (χ4v) is 4.01. The van der Waals surface area contributed by atoms with E-state index in [0.717, 1.165) is 11.0 Å². The molecule has 2 heterocycles. The second kappa shape index (κ2) is 6.46. The van der Waals surface area contributed by atoms with E-state index in [0.29, 0.717) is 0 Å². The standard InChI is InChI=1S/C16H18N2S2/c1-2-3-4-5-7-12-10-11-15(19-12)13-8-6-9-14-16(13)18-20-17-14/h6,8-11H,2-5,7H2,1H3. The molecular weight excluding hydrogens is 284 g/mol. The number of fused-ring (bicyclic) bond motifs is 1. The topological polar surface area (TPSA) is 25.8 Å². The van der Waals surface area contributed by atoms with E-state index in [1.807, 2.05) is 17.4 Å². The number of thiophene rings is 1. The molecule has 0 unspecified atom stereocenters. The first-order chi connectivity index (χ1) is 9.88. The van der Waals surface area contributed by atoms with E-state index in [1.54, 1.807) is 0 Å². The first kappa shape index (κ1) is 13.7. The van der Waals surface area contributed by atoms with Crippen LogP contribution in [0.25, 0.3) is 21.5 Å². The number of aromatic nitrogens is 2. The Kier molecular flexibility index (Phi) is 4.43. The third kappa shape index (κ3) is 2.91. The quantitative estimate of drug-likeness (QED) is 0.558. The molecule has 3 aromatic rings. The zero-order valence-corrected chi connectivity index (χ0v) is 13.3. The maximum Gasteiger partial charge on any atom is 0.113 e. The van der Waals surface area contributed by atoms with Crippen molar-refractivity contribution >= 4 is 34.1 Å². The Hall–Kier alpha value is -1.26. The Morgan fingerprint density at radius 2 is 1.95 bits per heavy atom. The predicted octanol–water partition coefficient (Wildman–Crippen LogP) is 5.54. The van der Waals surface area contributed by atoms with Crippen LogP contribution in [-0.2, 0) is 6.42 Å². The van der Waals surface area contributed by atoms with Gasteiger partial charge in [0.2, 0.25) is 0 Å². The summed E-state index contributed by atoms with van der Waals surface area (Å²) in [6.07, 6.45) is 6.50.